The van der Waals surface area contributed by atoms with E-state index in [4.69, 9.17) is 0 Å². The van der Waals surface area contributed by atoms with E-state index in [0.717, 1.165) is 15.4 Å². The summed E-state index contributed by atoms with van der Waals surface area (Å²) in [4.78, 5) is 34.4. The molecule has 1 aliphatic carbocycles. The first-order chi connectivity index (χ1) is 19.1. The molecule has 0 saturated heterocycles. The summed E-state index contributed by atoms with van der Waals surface area (Å²) >= 11 is 1.64. The Labute approximate surface area is 239 Å². The molecular weight excluding hydrogens is 514 g/mol. The molecular formula is C34H31N3O2S. The van der Waals surface area contributed by atoms with Crippen molar-refractivity contribution in [3.05, 3.63) is 117 Å². The van der Waals surface area contributed by atoms with Crippen LogP contribution in [0.15, 0.2) is 78.4 Å². The summed E-state index contributed by atoms with van der Waals surface area (Å²) in [6.45, 7) is 4.61. The van der Waals surface area contributed by atoms with Crippen molar-refractivity contribution in [3.63, 3.8) is 0 Å². The number of allylic oxidation sites excluding steroid dienone is 1. The first-order valence-electron chi connectivity index (χ1n) is 13.5. The van der Waals surface area contributed by atoms with Gasteiger partial charge in [0.1, 0.15) is 10.7 Å². The number of nitrogens with zero attached hydrogens (tertiary/aromatic N) is 3. The van der Waals surface area contributed by atoms with E-state index in [-0.39, 0.29) is 22.6 Å². The minimum absolute atomic E-state index is 0.184. The van der Waals surface area contributed by atoms with Crippen LogP contribution in [0.25, 0.3) is 6.08 Å². The molecule has 2 aliphatic heterocycles. The smallest absolute Gasteiger partial charge is 0.197 e. The number of carbonyl (C=O) groups is 2. The van der Waals surface area contributed by atoms with Gasteiger partial charge in [-0.1, -0.05) is 74.5 Å². The fraction of sp³-hybridized carbons (Fsp3) is 0.235. The van der Waals surface area contributed by atoms with Gasteiger partial charge in [-0.3, -0.25) is 19.4 Å². The van der Waals surface area contributed by atoms with Crippen LogP contribution in [0.1, 0.15) is 61.7 Å². The van der Waals surface area contributed by atoms with Crippen LogP contribution in [-0.4, -0.2) is 49.6 Å². The molecule has 3 aromatic carbocycles. The highest BCUT2D eigenvalue weighted by Crippen LogP contribution is 2.62. The van der Waals surface area contributed by atoms with Gasteiger partial charge in [0.15, 0.2) is 11.6 Å². The van der Waals surface area contributed by atoms with Gasteiger partial charge in [0, 0.05) is 32.5 Å². The monoisotopic (exact) mass is 545 g/mol. The Kier molecular flexibility index (Phi) is 5.24. The Balaban J connectivity index is 1.53. The highest BCUT2D eigenvalue weighted by Gasteiger charge is 2.52. The van der Waals surface area contributed by atoms with E-state index in [1.54, 1.807) is 29.5 Å². The third-order valence-corrected chi connectivity index (χ3v) is 9.99. The Morgan fingerprint density at radius 1 is 0.725 bits per heavy atom. The van der Waals surface area contributed by atoms with Gasteiger partial charge < -0.3 is 4.90 Å². The molecule has 0 spiro atoms. The maximum Gasteiger partial charge on any atom is 0.197 e. The van der Waals surface area contributed by atoms with E-state index in [0.29, 0.717) is 11.1 Å². The van der Waals surface area contributed by atoms with Gasteiger partial charge in [-0.2, -0.15) is 0 Å². The number of fused-ring (bicyclic) bond motifs is 5. The van der Waals surface area contributed by atoms with E-state index >= 15 is 0 Å². The molecule has 0 saturated carbocycles. The summed E-state index contributed by atoms with van der Waals surface area (Å²) in [6.07, 6.45) is 1.80. The molecule has 7 rings (SSSR count). The molecule has 5 nitrogen and oxygen atoms in total. The van der Waals surface area contributed by atoms with Crippen molar-refractivity contribution in [1.29, 1.82) is 0 Å². The average Bonchev–Trinajstić information content (AvgIpc) is 3.45. The number of benzene rings is 3. The Morgan fingerprint density at radius 3 is 1.95 bits per heavy atom. The lowest BCUT2D eigenvalue weighted by Crippen LogP contribution is -2.56. The third kappa shape index (κ3) is 2.99. The molecule has 0 bridgehead atoms. The molecule has 0 N–H and O–H groups in total. The first-order valence-corrected chi connectivity index (χ1v) is 14.3. The second-order valence-corrected chi connectivity index (χ2v) is 12.8. The Hall–Kier alpha value is -3.84. The molecule has 0 fully saturated rings. The Bertz CT molecular complexity index is 1750. The minimum Gasteiger partial charge on any atom is -0.301 e. The largest absolute Gasteiger partial charge is 0.301 e. The van der Waals surface area contributed by atoms with Crippen molar-refractivity contribution in [3.8, 4) is 0 Å². The summed E-state index contributed by atoms with van der Waals surface area (Å²) in [5, 5.41) is 1.10. The number of para-hydroxylation sites is 2. The van der Waals surface area contributed by atoms with Crippen molar-refractivity contribution >= 4 is 45.4 Å². The fourth-order valence-electron chi connectivity index (χ4n) is 7.19. The van der Waals surface area contributed by atoms with E-state index in [2.05, 4.69) is 105 Å². The van der Waals surface area contributed by atoms with Gasteiger partial charge in [-0.25, -0.2) is 0 Å². The SMILES string of the molecule is CN(C)C1(N(C)C)c2cc(C=C3C(=O)c4ccccc4C3=O)sc2N2c3ccccc3C(C)(C)c3cccc1c32. The van der Waals surface area contributed by atoms with Gasteiger partial charge in [0.05, 0.1) is 16.9 Å². The fourth-order valence-corrected chi connectivity index (χ4v) is 8.35. The van der Waals surface area contributed by atoms with Crippen molar-refractivity contribution in [1.82, 2.24) is 9.80 Å². The van der Waals surface area contributed by atoms with Crippen LogP contribution in [0.3, 0.4) is 0 Å². The Morgan fingerprint density at radius 2 is 1.30 bits per heavy atom. The van der Waals surface area contributed by atoms with Crippen molar-refractivity contribution in [2.24, 2.45) is 0 Å². The number of hydrogen-bond acceptors (Lipinski definition) is 6. The molecule has 0 radical (unpaired) electrons. The van der Waals surface area contributed by atoms with Crippen LogP contribution in [0.2, 0.25) is 0 Å². The van der Waals surface area contributed by atoms with E-state index in [1.165, 1.54) is 28.1 Å². The molecule has 0 amide bonds. The molecule has 3 heterocycles. The van der Waals surface area contributed by atoms with Gasteiger partial charge in [-0.05, 0) is 57.5 Å². The summed E-state index contributed by atoms with van der Waals surface area (Å²) in [7, 11) is 8.49. The van der Waals surface area contributed by atoms with Gasteiger partial charge in [0.2, 0.25) is 0 Å². The maximum absolute atomic E-state index is 13.3. The molecule has 200 valence electrons. The van der Waals surface area contributed by atoms with Crippen LogP contribution >= 0.6 is 11.3 Å². The number of carbonyl (C=O) groups excluding carboxylic acids is 2. The third-order valence-electron chi connectivity index (χ3n) is 8.92. The summed E-state index contributed by atoms with van der Waals surface area (Å²) < 4.78 is 0. The number of thiophene rings is 1. The summed E-state index contributed by atoms with van der Waals surface area (Å²) in [5.74, 6) is -0.400. The maximum atomic E-state index is 13.3. The molecule has 6 heteroatoms. The minimum atomic E-state index is -0.556. The van der Waals surface area contributed by atoms with Crippen molar-refractivity contribution < 1.29 is 9.59 Å². The topological polar surface area (TPSA) is 43.9 Å². The summed E-state index contributed by atoms with van der Waals surface area (Å²) in [5.41, 5.74) is 7.75. The highest BCUT2D eigenvalue weighted by atomic mass is 32.1. The molecule has 3 aliphatic rings. The molecule has 0 atom stereocenters. The van der Waals surface area contributed by atoms with Crippen LogP contribution in [0.5, 0.6) is 0 Å². The van der Waals surface area contributed by atoms with Crippen LogP contribution in [0, 0.1) is 0 Å². The zero-order valence-electron chi connectivity index (χ0n) is 23.6. The van der Waals surface area contributed by atoms with Crippen molar-refractivity contribution in [2.45, 2.75) is 24.9 Å². The van der Waals surface area contributed by atoms with Gasteiger partial charge in [0.25, 0.3) is 0 Å². The number of anilines is 3. The van der Waals surface area contributed by atoms with Crippen LogP contribution in [0.4, 0.5) is 16.4 Å². The second kappa shape index (κ2) is 8.33. The number of ketones is 2. The first kappa shape index (κ1) is 25.1. The standard InChI is InChI=1S/C34H31N3O2S/c1-33(2)24-14-9-10-17-28(24)37-29-25(33)15-11-16-26(29)34(35(3)4,36(5)6)27-19-20(40-32(27)37)18-23-30(38)21-12-7-8-13-22(21)31(23)39/h7-19H,1-6H3. The highest BCUT2D eigenvalue weighted by molar-refractivity contribution is 7.17. The zero-order valence-corrected chi connectivity index (χ0v) is 24.4. The number of Topliss-reactive ketones (excluding diaryl/α,β-unsaturated/α-hetero) is 2. The predicted octanol–water partition coefficient (Wildman–Crippen LogP) is 6.96. The lowest BCUT2D eigenvalue weighted by Gasteiger charge is -2.54. The summed E-state index contributed by atoms with van der Waals surface area (Å²) in [6, 6.07) is 24.6. The molecule has 0 unspecified atom stereocenters. The normalized spacial score (nSPS) is 17.6. The van der Waals surface area contributed by atoms with Gasteiger partial charge >= 0.3 is 0 Å². The van der Waals surface area contributed by atoms with E-state index < -0.39 is 5.66 Å². The van der Waals surface area contributed by atoms with Gasteiger partial charge in [-0.15, -0.1) is 11.3 Å². The van der Waals surface area contributed by atoms with Crippen LogP contribution in [-0.2, 0) is 11.1 Å². The zero-order chi connectivity index (χ0) is 28.1. The van der Waals surface area contributed by atoms with Crippen LogP contribution < -0.4 is 4.90 Å². The molecule has 4 aromatic rings. The number of rotatable bonds is 3. The quantitative estimate of drug-likeness (QED) is 0.158. The predicted molar refractivity (Wildman–Crippen MR) is 162 cm³/mol. The molecule has 40 heavy (non-hydrogen) atoms. The molecule has 1 aromatic heterocycles. The van der Waals surface area contributed by atoms with E-state index in [1.807, 2.05) is 12.1 Å². The second-order valence-electron chi connectivity index (χ2n) is 11.8. The van der Waals surface area contributed by atoms with Crippen molar-refractivity contribution in [2.75, 3.05) is 33.1 Å². The lowest BCUT2D eigenvalue weighted by atomic mass is 9.70. The number of hydrogen-bond donors (Lipinski definition) is 0. The average molecular weight is 546 g/mol. The van der Waals surface area contributed by atoms with E-state index in [9.17, 15) is 9.59 Å². The lowest BCUT2D eigenvalue weighted by molar-refractivity contribution is 0.0393.